The van der Waals surface area contributed by atoms with Gasteiger partial charge in [0.1, 0.15) is 11.9 Å². The van der Waals surface area contributed by atoms with E-state index < -0.39 is 0 Å². The van der Waals surface area contributed by atoms with E-state index in [9.17, 15) is 4.79 Å². The van der Waals surface area contributed by atoms with Crippen LogP contribution >= 0.6 is 0 Å². The fourth-order valence-corrected chi connectivity index (χ4v) is 4.21. The molecule has 1 aromatic rings. The lowest BCUT2D eigenvalue weighted by molar-refractivity contribution is -0.122. The minimum Gasteiger partial charge on any atom is -0.490 e. The molecule has 3 rings (SSSR count). The SMILES string of the molecule is CCCCNC(=O)CC1CCN(C/C=C/c2ccc(OC3CCNCC3)cc2)CC1. The lowest BCUT2D eigenvalue weighted by Crippen LogP contribution is -2.36. The average molecular weight is 414 g/mol. The fourth-order valence-electron chi connectivity index (χ4n) is 4.21. The molecular formula is C25H39N3O2. The number of likely N-dealkylation sites (tertiary alicyclic amines) is 1. The number of hydrogen-bond donors (Lipinski definition) is 2. The Kier molecular flexibility index (Phi) is 9.71. The Bertz CT molecular complexity index is 645. The minimum atomic E-state index is 0.231. The zero-order chi connectivity index (χ0) is 21.0. The number of nitrogens with one attached hydrogen (secondary N) is 2. The van der Waals surface area contributed by atoms with Gasteiger partial charge in [0, 0.05) is 19.5 Å². The van der Waals surface area contributed by atoms with Crippen LogP contribution in [0.4, 0.5) is 0 Å². The number of piperidine rings is 2. The predicted octanol–water partition coefficient (Wildman–Crippen LogP) is 3.85. The lowest BCUT2D eigenvalue weighted by Gasteiger charge is -2.30. The van der Waals surface area contributed by atoms with Gasteiger partial charge < -0.3 is 15.4 Å². The Balaban J connectivity index is 1.32. The molecule has 2 fully saturated rings. The van der Waals surface area contributed by atoms with Crippen molar-refractivity contribution in [3.05, 3.63) is 35.9 Å². The van der Waals surface area contributed by atoms with Gasteiger partial charge in [-0.15, -0.1) is 0 Å². The molecule has 1 amide bonds. The molecule has 0 aliphatic carbocycles. The summed E-state index contributed by atoms with van der Waals surface area (Å²) in [4.78, 5) is 14.5. The van der Waals surface area contributed by atoms with Crippen molar-refractivity contribution in [1.82, 2.24) is 15.5 Å². The number of benzene rings is 1. The van der Waals surface area contributed by atoms with E-state index in [1.165, 1.54) is 5.56 Å². The van der Waals surface area contributed by atoms with E-state index in [-0.39, 0.29) is 5.91 Å². The molecule has 0 spiro atoms. The molecule has 1 aromatic carbocycles. The van der Waals surface area contributed by atoms with E-state index in [1.54, 1.807) is 0 Å². The van der Waals surface area contributed by atoms with Gasteiger partial charge in [0.05, 0.1) is 0 Å². The van der Waals surface area contributed by atoms with Crippen molar-refractivity contribution in [2.45, 2.75) is 58.0 Å². The maximum Gasteiger partial charge on any atom is 0.220 e. The number of unbranched alkanes of at least 4 members (excludes halogenated alkanes) is 1. The van der Waals surface area contributed by atoms with Crippen LogP contribution in [-0.4, -0.2) is 56.2 Å². The van der Waals surface area contributed by atoms with E-state index in [1.807, 2.05) is 0 Å². The quantitative estimate of drug-likeness (QED) is 0.572. The molecule has 2 aliphatic heterocycles. The van der Waals surface area contributed by atoms with Crippen LogP contribution in [0.3, 0.4) is 0 Å². The third-order valence-corrected chi connectivity index (χ3v) is 6.18. The zero-order valence-corrected chi connectivity index (χ0v) is 18.6. The molecule has 0 bridgehead atoms. The number of amides is 1. The molecule has 0 atom stereocenters. The highest BCUT2D eigenvalue weighted by Crippen LogP contribution is 2.21. The summed E-state index contributed by atoms with van der Waals surface area (Å²) in [5.74, 6) is 1.74. The molecular weight excluding hydrogens is 374 g/mol. The van der Waals surface area contributed by atoms with E-state index in [0.717, 1.165) is 83.5 Å². The van der Waals surface area contributed by atoms with Gasteiger partial charge in [0.15, 0.2) is 0 Å². The summed E-state index contributed by atoms with van der Waals surface area (Å²) >= 11 is 0. The topological polar surface area (TPSA) is 53.6 Å². The molecule has 2 N–H and O–H groups in total. The van der Waals surface area contributed by atoms with Crippen LogP contribution in [0.25, 0.3) is 6.08 Å². The fraction of sp³-hybridized carbons (Fsp3) is 0.640. The van der Waals surface area contributed by atoms with E-state index in [0.29, 0.717) is 18.4 Å². The summed E-state index contributed by atoms with van der Waals surface area (Å²) in [5, 5.41) is 6.41. The van der Waals surface area contributed by atoms with Crippen molar-refractivity contribution in [3.63, 3.8) is 0 Å². The van der Waals surface area contributed by atoms with Crippen molar-refractivity contribution < 1.29 is 9.53 Å². The Morgan fingerprint density at radius 3 is 2.60 bits per heavy atom. The summed E-state index contributed by atoms with van der Waals surface area (Å²) in [6.07, 6.45) is 12.1. The molecule has 0 radical (unpaired) electrons. The number of carbonyl (C=O) groups excluding carboxylic acids is 1. The van der Waals surface area contributed by atoms with Crippen LogP contribution in [0, 0.1) is 5.92 Å². The second-order valence-corrected chi connectivity index (χ2v) is 8.69. The molecule has 5 heteroatoms. The lowest BCUT2D eigenvalue weighted by atomic mass is 9.93. The monoisotopic (exact) mass is 413 g/mol. The van der Waals surface area contributed by atoms with Crippen molar-refractivity contribution in [1.29, 1.82) is 0 Å². The number of nitrogens with zero attached hydrogens (tertiary/aromatic N) is 1. The van der Waals surface area contributed by atoms with Crippen molar-refractivity contribution in [2.75, 3.05) is 39.3 Å². The average Bonchev–Trinajstić information content (AvgIpc) is 2.77. The van der Waals surface area contributed by atoms with Gasteiger partial charge >= 0.3 is 0 Å². The smallest absolute Gasteiger partial charge is 0.220 e. The number of rotatable bonds is 10. The summed E-state index contributed by atoms with van der Waals surface area (Å²) in [6, 6.07) is 8.43. The van der Waals surface area contributed by atoms with Gasteiger partial charge in [-0.3, -0.25) is 9.69 Å². The van der Waals surface area contributed by atoms with Gasteiger partial charge in [-0.05, 0) is 81.9 Å². The molecule has 2 saturated heterocycles. The maximum absolute atomic E-state index is 12.0. The van der Waals surface area contributed by atoms with E-state index in [2.05, 4.69) is 58.9 Å². The van der Waals surface area contributed by atoms with Gasteiger partial charge in [-0.25, -0.2) is 0 Å². The predicted molar refractivity (Wildman–Crippen MR) is 124 cm³/mol. The Hall–Kier alpha value is -1.85. The number of ether oxygens (including phenoxy) is 1. The first-order valence-corrected chi connectivity index (χ1v) is 11.9. The van der Waals surface area contributed by atoms with Crippen molar-refractivity contribution in [3.8, 4) is 5.75 Å². The van der Waals surface area contributed by atoms with Crippen LogP contribution in [0.1, 0.15) is 57.4 Å². The first kappa shape index (κ1) is 22.8. The second kappa shape index (κ2) is 12.8. The van der Waals surface area contributed by atoms with Crippen LogP contribution in [0.5, 0.6) is 5.75 Å². The minimum absolute atomic E-state index is 0.231. The molecule has 166 valence electrons. The number of carbonyl (C=O) groups is 1. The molecule has 2 heterocycles. The Labute approximate surface area is 182 Å². The zero-order valence-electron chi connectivity index (χ0n) is 18.6. The first-order valence-electron chi connectivity index (χ1n) is 11.9. The molecule has 0 unspecified atom stereocenters. The van der Waals surface area contributed by atoms with E-state index >= 15 is 0 Å². The molecule has 2 aliphatic rings. The Morgan fingerprint density at radius 2 is 1.90 bits per heavy atom. The van der Waals surface area contributed by atoms with Gasteiger partial charge in [0.2, 0.25) is 5.91 Å². The highest BCUT2D eigenvalue weighted by atomic mass is 16.5. The summed E-state index contributed by atoms with van der Waals surface area (Å²) in [7, 11) is 0. The standard InChI is InChI=1S/C25H39N3O2/c1-2-3-14-27-25(29)20-22-12-18-28(19-13-22)17-4-5-21-6-8-23(9-7-21)30-24-10-15-26-16-11-24/h4-9,22,24,26H,2-3,10-20H2,1H3,(H,27,29)/b5-4+. The maximum atomic E-state index is 12.0. The first-order chi connectivity index (χ1) is 14.7. The van der Waals surface area contributed by atoms with Gasteiger partial charge in [0.25, 0.3) is 0 Å². The molecule has 5 nitrogen and oxygen atoms in total. The van der Waals surface area contributed by atoms with Crippen LogP contribution in [0.15, 0.2) is 30.3 Å². The van der Waals surface area contributed by atoms with Crippen molar-refractivity contribution in [2.24, 2.45) is 5.92 Å². The molecule has 0 aromatic heterocycles. The van der Waals surface area contributed by atoms with Crippen molar-refractivity contribution >= 4 is 12.0 Å². The highest BCUT2D eigenvalue weighted by molar-refractivity contribution is 5.76. The molecule has 30 heavy (non-hydrogen) atoms. The normalized spacial score (nSPS) is 19.2. The molecule has 0 saturated carbocycles. The largest absolute Gasteiger partial charge is 0.490 e. The summed E-state index contributed by atoms with van der Waals surface area (Å²) in [5.41, 5.74) is 1.21. The third-order valence-electron chi connectivity index (χ3n) is 6.18. The number of hydrogen-bond acceptors (Lipinski definition) is 4. The third kappa shape index (κ3) is 8.11. The summed E-state index contributed by atoms with van der Waals surface area (Å²) < 4.78 is 6.07. The van der Waals surface area contributed by atoms with Crippen LogP contribution in [0.2, 0.25) is 0 Å². The van der Waals surface area contributed by atoms with E-state index in [4.69, 9.17) is 4.74 Å². The second-order valence-electron chi connectivity index (χ2n) is 8.69. The van der Waals surface area contributed by atoms with Crippen LogP contribution < -0.4 is 15.4 Å². The van der Waals surface area contributed by atoms with Gasteiger partial charge in [-0.2, -0.15) is 0 Å². The van der Waals surface area contributed by atoms with Crippen LogP contribution in [-0.2, 0) is 4.79 Å². The van der Waals surface area contributed by atoms with Gasteiger partial charge in [-0.1, -0.05) is 37.6 Å². The Morgan fingerprint density at radius 1 is 1.17 bits per heavy atom. The summed E-state index contributed by atoms with van der Waals surface area (Å²) in [6.45, 7) is 8.22. The highest BCUT2D eigenvalue weighted by Gasteiger charge is 2.20.